The van der Waals surface area contributed by atoms with E-state index in [0.29, 0.717) is 36.8 Å². The molecule has 6 atom stereocenters. The maximum Gasteiger partial charge on any atom is 0.306 e. The van der Waals surface area contributed by atoms with Crippen LogP contribution in [0.3, 0.4) is 0 Å². The minimum atomic E-state index is -0.397. The van der Waals surface area contributed by atoms with Gasteiger partial charge in [0.2, 0.25) is 11.8 Å². The van der Waals surface area contributed by atoms with E-state index in [-0.39, 0.29) is 54.3 Å². The minimum absolute atomic E-state index is 0.0127. The monoisotopic (exact) mass is 435 g/mol. The maximum atomic E-state index is 12.9. The van der Waals surface area contributed by atoms with Crippen LogP contribution in [0.25, 0.3) is 0 Å². The summed E-state index contributed by atoms with van der Waals surface area (Å²) in [5, 5.41) is 0. The summed E-state index contributed by atoms with van der Waals surface area (Å²) in [7, 11) is 0. The molecule has 2 bridgehead atoms. The average Bonchev–Trinajstić information content (AvgIpc) is 3.57. The molecule has 6 rings (SSSR count). The van der Waals surface area contributed by atoms with Gasteiger partial charge in [-0.05, 0) is 49.9 Å². The molecule has 1 aromatic rings. The second-order valence-electron chi connectivity index (χ2n) is 9.74. The Balaban J connectivity index is 1.02. The van der Waals surface area contributed by atoms with Crippen LogP contribution in [0.15, 0.2) is 36.4 Å². The first-order valence-corrected chi connectivity index (χ1v) is 11.7. The number of imide groups is 1. The molecular formula is C26H29NO5. The number of amides is 2. The second kappa shape index (κ2) is 8.30. The van der Waals surface area contributed by atoms with Gasteiger partial charge in [-0.25, -0.2) is 0 Å². The lowest BCUT2D eigenvalue weighted by Crippen LogP contribution is -2.40. The van der Waals surface area contributed by atoms with Gasteiger partial charge in [-0.3, -0.25) is 24.1 Å². The third-order valence-corrected chi connectivity index (χ3v) is 7.75. The number of benzene rings is 1. The number of esters is 1. The number of aryl methyl sites for hydroxylation is 1. The van der Waals surface area contributed by atoms with E-state index in [1.807, 2.05) is 19.1 Å². The molecule has 1 saturated heterocycles. The first-order valence-electron chi connectivity index (χ1n) is 11.7. The zero-order valence-corrected chi connectivity index (χ0v) is 18.4. The van der Waals surface area contributed by atoms with Gasteiger partial charge in [-0.15, -0.1) is 0 Å². The van der Waals surface area contributed by atoms with Crippen LogP contribution in [0, 0.1) is 42.4 Å². The van der Waals surface area contributed by atoms with E-state index in [4.69, 9.17) is 4.74 Å². The Morgan fingerprint density at radius 1 is 0.938 bits per heavy atom. The first kappa shape index (κ1) is 21.1. The zero-order chi connectivity index (χ0) is 22.4. The van der Waals surface area contributed by atoms with E-state index in [2.05, 4.69) is 12.2 Å². The Morgan fingerprint density at radius 2 is 1.56 bits per heavy atom. The normalized spacial score (nSPS) is 31.5. The van der Waals surface area contributed by atoms with Crippen LogP contribution in [-0.4, -0.2) is 41.6 Å². The van der Waals surface area contributed by atoms with E-state index < -0.39 is 5.97 Å². The predicted molar refractivity (Wildman–Crippen MR) is 116 cm³/mol. The standard InChI is InChI=1S/C26H29NO5/c1-15-6-8-16(9-7-15)21(28)14-32-22(29)5-3-2-4-12-27-25(30)23-17-10-11-18(20-13-19(17)20)24(23)26(27)31/h6-11,17-20,23-24H,2-5,12-14H2,1H3/t17-,18-,19-,20+,23+,24+/m0/s1. The summed E-state index contributed by atoms with van der Waals surface area (Å²) < 4.78 is 5.10. The summed E-state index contributed by atoms with van der Waals surface area (Å²) in [6.07, 6.45) is 7.78. The largest absolute Gasteiger partial charge is 0.457 e. The fourth-order valence-electron chi connectivity index (χ4n) is 6.00. The fourth-order valence-corrected chi connectivity index (χ4v) is 6.00. The Kier molecular flexibility index (Phi) is 5.48. The molecule has 1 heterocycles. The first-order chi connectivity index (χ1) is 15.5. The molecule has 0 N–H and O–H groups in total. The Bertz CT molecular complexity index is 944. The zero-order valence-electron chi connectivity index (χ0n) is 18.4. The number of carbonyl (C=O) groups is 4. The number of Topliss-reactive ketones (excluding diaryl/α,β-unsaturated/α-hetero) is 1. The van der Waals surface area contributed by atoms with Crippen LogP contribution in [0.4, 0.5) is 0 Å². The van der Waals surface area contributed by atoms with E-state index in [1.54, 1.807) is 12.1 Å². The topological polar surface area (TPSA) is 80.8 Å². The number of carbonyl (C=O) groups excluding carboxylic acids is 4. The highest BCUT2D eigenvalue weighted by Gasteiger charge is 2.66. The number of likely N-dealkylation sites (tertiary alicyclic amines) is 1. The second-order valence-corrected chi connectivity index (χ2v) is 9.74. The summed E-state index contributed by atoms with van der Waals surface area (Å²) >= 11 is 0. The van der Waals surface area contributed by atoms with Gasteiger partial charge < -0.3 is 4.74 Å². The molecule has 168 valence electrons. The summed E-state index contributed by atoms with van der Waals surface area (Å²) in [6.45, 7) is 2.13. The van der Waals surface area contributed by atoms with Crippen molar-refractivity contribution < 1.29 is 23.9 Å². The van der Waals surface area contributed by atoms with Crippen LogP contribution in [0.1, 0.15) is 48.0 Å². The fraction of sp³-hybridized carbons (Fsp3) is 0.538. The highest BCUT2D eigenvalue weighted by molar-refractivity contribution is 6.06. The molecule has 2 saturated carbocycles. The molecule has 32 heavy (non-hydrogen) atoms. The van der Waals surface area contributed by atoms with Gasteiger partial charge in [0.1, 0.15) is 0 Å². The number of ketones is 1. The summed E-state index contributed by atoms with van der Waals surface area (Å²) in [5.41, 5.74) is 1.60. The van der Waals surface area contributed by atoms with Gasteiger partial charge in [0.25, 0.3) is 0 Å². The van der Waals surface area contributed by atoms with Crippen molar-refractivity contribution in [1.82, 2.24) is 4.90 Å². The van der Waals surface area contributed by atoms with Crippen molar-refractivity contribution >= 4 is 23.6 Å². The lowest BCUT2D eigenvalue weighted by Gasteiger charge is -2.37. The summed E-state index contributed by atoms with van der Waals surface area (Å²) in [4.78, 5) is 51.3. The lowest BCUT2D eigenvalue weighted by molar-refractivity contribution is -0.143. The van der Waals surface area contributed by atoms with Crippen LogP contribution >= 0.6 is 0 Å². The van der Waals surface area contributed by atoms with E-state index in [1.165, 1.54) is 11.3 Å². The van der Waals surface area contributed by atoms with Gasteiger partial charge >= 0.3 is 5.97 Å². The van der Waals surface area contributed by atoms with Crippen LogP contribution < -0.4 is 0 Å². The van der Waals surface area contributed by atoms with Crippen LogP contribution in [0.2, 0.25) is 0 Å². The Hall–Kier alpha value is -2.76. The molecule has 6 heteroatoms. The summed E-state index contributed by atoms with van der Waals surface area (Å²) in [5.74, 6) is 0.891. The molecule has 2 amide bonds. The Morgan fingerprint density at radius 3 is 2.19 bits per heavy atom. The molecule has 1 aromatic carbocycles. The SMILES string of the molecule is Cc1ccc(C(=O)COC(=O)CCCCCN2C(=O)[C@@H]3[C@H]4C=C[C@@H]([C@@H]5C[C@H]45)[C@H]3C2=O)cc1. The number of unbranched alkanes of at least 4 members (excludes halogenated alkanes) is 2. The number of allylic oxidation sites excluding steroid dienone is 2. The van der Waals surface area contributed by atoms with Crippen molar-refractivity contribution in [3.05, 3.63) is 47.5 Å². The van der Waals surface area contributed by atoms with Gasteiger partial charge in [0.05, 0.1) is 11.8 Å². The molecular weight excluding hydrogens is 406 g/mol. The molecule has 5 aliphatic rings. The van der Waals surface area contributed by atoms with Gasteiger partial charge in [-0.2, -0.15) is 0 Å². The van der Waals surface area contributed by atoms with Gasteiger partial charge in [0, 0.05) is 18.5 Å². The van der Waals surface area contributed by atoms with Crippen molar-refractivity contribution in [3.8, 4) is 0 Å². The number of hydrogen-bond donors (Lipinski definition) is 0. The molecule has 0 spiro atoms. The molecule has 6 nitrogen and oxygen atoms in total. The third kappa shape index (κ3) is 3.70. The maximum absolute atomic E-state index is 12.9. The Labute approximate surface area is 188 Å². The highest BCUT2D eigenvalue weighted by Crippen LogP contribution is 2.65. The van der Waals surface area contributed by atoms with Crippen molar-refractivity contribution in [2.45, 2.75) is 39.0 Å². The third-order valence-electron chi connectivity index (χ3n) is 7.75. The lowest BCUT2D eigenvalue weighted by atomic mass is 9.63. The quantitative estimate of drug-likeness (QED) is 0.195. The van der Waals surface area contributed by atoms with Crippen molar-refractivity contribution in [2.24, 2.45) is 35.5 Å². The van der Waals surface area contributed by atoms with Crippen molar-refractivity contribution in [2.75, 3.05) is 13.2 Å². The van der Waals surface area contributed by atoms with E-state index >= 15 is 0 Å². The molecule has 3 fully saturated rings. The molecule has 1 aliphatic heterocycles. The predicted octanol–water partition coefficient (Wildman–Crippen LogP) is 3.33. The molecule has 0 unspecified atom stereocenters. The minimum Gasteiger partial charge on any atom is -0.457 e. The average molecular weight is 436 g/mol. The van der Waals surface area contributed by atoms with Gasteiger partial charge in [0.15, 0.2) is 12.4 Å². The smallest absolute Gasteiger partial charge is 0.306 e. The number of rotatable bonds is 9. The molecule has 0 radical (unpaired) electrons. The van der Waals surface area contributed by atoms with Crippen molar-refractivity contribution in [1.29, 1.82) is 0 Å². The van der Waals surface area contributed by atoms with E-state index in [9.17, 15) is 19.2 Å². The number of hydrogen-bond acceptors (Lipinski definition) is 5. The van der Waals surface area contributed by atoms with Crippen LogP contribution in [0.5, 0.6) is 0 Å². The number of ether oxygens (including phenoxy) is 1. The molecule has 0 aromatic heterocycles. The summed E-state index contributed by atoms with van der Waals surface area (Å²) in [6, 6.07) is 7.16. The molecule has 4 aliphatic carbocycles. The van der Waals surface area contributed by atoms with Crippen LogP contribution in [-0.2, 0) is 19.1 Å². The number of nitrogens with zero attached hydrogens (tertiary/aromatic N) is 1. The van der Waals surface area contributed by atoms with Gasteiger partial charge in [-0.1, -0.05) is 48.4 Å². The highest BCUT2D eigenvalue weighted by atomic mass is 16.5. The van der Waals surface area contributed by atoms with E-state index in [0.717, 1.165) is 12.0 Å². The van der Waals surface area contributed by atoms with Crippen molar-refractivity contribution in [3.63, 3.8) is 0 Å².